The lowest BCUT2D eigenvalue weighted by molar-refractivity contribution is -0.137. The second-order valence-corrected chi connectivity index (χ2v) is 4.64. The molecule has 0 heterocycles. The smallest absolute Gasteiger partial charge is 0.416 e. The first-order chi connectivity index (χ1) is 9.49. The van der Waals surface area contributed by atoms with E-state index in [-0.39, 0.29) is 0 Å². The summed E-state index contributed by atoms with van der Waals surface area (Å²) in [5, 5.41) is 0. The van der Waals surface area contributed by atoms with Crippen molar-refractivity contribution in [3.63, 3.8) is 0 Å². The van der Waals surface area contributed by atoms with Crippen LogP contribution >= 0.6 is 23.0 Å². The molecule has 0 atom stereocenters. The molecule has 0 bridgehead atoms. The van der Waals surface area contributed by atoms with Crippen LogP contribution in [0, 0.1) is 0 Å². The second kappa shape index (κ2) is 6.45. The molecule has 0 amide bonds. The highest BCUT2D eigenvalue weighted by molar-refractivity contribution is 14.1. The number of halogens is 4. The fourth-order valence-corrected chi connectivity index (χ4v) is 1.92. The minimum absolute atomic E-state index is 0.357. The van der Waals surface area contributed by atoms with E-state index in [0.29, 0.717) is 18.1 Å². The van der Waals surface area contributed by atoms with Gasteiger partial charge in [-0.05, 0) is 42.0 Å². The van der Waals surface area contributed by atoms with Gasteiger partial charge in [0.25, 0.3) is 0 Å². The molecule has 0 unspecified atom stereocenters. The maximum Gasteiger partial charge on any atom is 0.416 e. The molecule has 0 aromatic heterocycles. The normalized spacial score (nSPS) is 11.4. The molecule has 0 fully saturated rings. The van der Waals surface area contributed by atoms with E-state index in [1.807, 2.05) is 12.1 Å². The number of hydrogen-bond acceptors (Lipinski definition) is 2. The maximum absolute atomic E-state index is 12.4. The summed E-state index contributed by atoms with van der Waals surface area (Å²) in [5.41, 5.74) is 0.290. The van der Waals surface area contributed by atoms with Crippen molar-refractivity contribution in [1.29, 1.82) is 0 Å². The van der Waals surface area contributed by atoms with Crippen molar-refractivity contribution in [2.45, 2.75) is 12.8 Å². The third-order valence-electron chi connectivity index (χ3n) is 2.56. The van der Waals surface area contributed by atoms with Gasteiger partial charge in [-0.15, -0.1) is 0 Å². The molecule has 0 radical (unpaired) electrons. The summed E-state index contributed by atoms with van der Waals surface area (Å²) in [7, 11) is 0. The van der Waals surface area contributed by atoms with E-state index in [1.54, 1.807) is 35.1 Å². The molecule has 0 saturated heterocycles. The molecule has 0 spiro atoms. The molecular formula is C14H10F3IO2. The monoisotopic (exact) mass is 394 g/mol. The van der Waals surface area contributed by atoms with Crippen molar-refractivity contribution in [2.75, 3.05) is 0 Å². The summed E-state index contributed by atoms with van der Waals surface area (Å²) in [4.78, 5) is 0. The van der Waals surface area contributed by atoms with E-state index in [2.05, 4.69) is 0 Å². The highest BCUT2D eigenvalue weighted by Gasteiger charge is 2.30. The first-order valence-corrected chi connectivity index (χ1v) is 6.55. The van der Waals surface area contributed by atoms with Crippen molar-refractivity contribution in [2.24, 2.45) is 0 Å². The van der Waals surface area contributed by atoms with Crippen LogP contribution in [0.25, 0.3) is 0 Å². The molecule has 0 aliphatic carbocycles. The summed E-state index contributed by atoms with van der Waals surface area (Å²) in [6, 6.07) is 11.7. The Morgan fingerprint density at radius 2 is 1.35 bits per heavy atom. The van der Waals surface area contributed by atoms with Gasteiger partial charge in [-0.2, -0.15) is 13.2 Å². The van der Waals surface area contributed by atoms with Crippen LogP contribution in [0.15, 0.2) is 48.5 Å². The molecule has 0 saturated carbocycles. The fraction of sp³-hybridized carbons (Fsp3) is 0.143. The second-order valence-electron chi connectivity index (χ2n) is 4.02. The predicted octanol–water partition coefficient (Wildman–Crippen LogP) is 5.36. The van der Waals surface area contributed by atoms with Crippen LogP contribution in [0.3, 0.4) is 0 Å². The summed E-state index contributed by atoms with van der Waals surface area (Å²) < 4.78 is 47.7. The van der Waals surface area contributed by atoms with E-state index in [9.17, 15) is 13.2 Å². The zero-order chi connectivity index (χ0) is 14.6. The van der Waals surface area contributed by atoms with Gasteiger partial charge >= 0.3 is 6.18 Å². The molecule has 0 aliphatic rings. The molecule has 2 aromatic carbocycles. The van der Waals surface area contributed by atoms with E-state index in [4.69, 9.17) is 7.80 Å². The largest absolute Gasteiger partial charge is 0.457 e. The van der Waals surface area contributed by atoms with Crippen LogP contribution < -0.4 is 4.74 Å². The lowest BCUT2D eigenvalue weighted by atomic mass is 10.2. The van der Waals surface area contributed by atoms with Gasteiger partial charge in [0.15, 0.2) is 0 Å². The van der Waals surface area contributed by atoms with Crippen molar-refractivity contribution in [3.8, 4) is 11.5 Å². The van der Waals surface area contributed by atoms with E-state index in [0.717, 1.165) is 17.7 Å². The molecule has 20 heavy (non-hydrogen) atoms. The summed E-state index contributed by atoms with van der Waals surface area (Å²) in [5.74, 6) is 0.915. The molecule has 6 heteroatoms. The summed E-state index contributed by atoms with van der Waals surface area (Å²) in [6.07, 6.45) is -4.33. The van der Waals surface area contributed by atoms with Gasteiger partial charge in [-0.25, -0.2) is 0 Å². The zero-order valence-corrected chi connectivity index (χ0v) is 12.3. The molecule has 2 rings (SSSR count). The van der Waals surface area contributed by atoms with Gasteiger partial charge in [0, 0.05) is 0 Å². The highest BCUT2D eigenvalue weighted by atomic mass is 127. The number of alkyl halides is 3. The van der Waals surface area contributed by atoms with Gasteiger partial charge in [-0.1, -0.05) is 12.1 Å². The first kappa shape index (κ1) is 15.1. The number of benzene rings is 2. The average Bonchev–Trinajstić information content (AvgIpc) is 2.41. The Morgan fingerprint density at radius 1 is 0.850 bits per heavy atom. The first-order valence-electron chi connectivity index (χ1n) is 5.66. The van der Waals surface area contributed by atoms with Gasteiger partial charge < -0.3 is 7.80 Å². The zero-order valence-electron chi connectivity index (χ0n) is 10.2. The Balaban J connectivity index is 2.06. The Bertz CT molecular complexity index is 550. The van der Waals surface area contributed by atoms with Gasteiger partial charge in [-0.3, -0.25) is 0 Å². The third-order valence-corrected chi connectivity index (χ3v) is 2.87. The minimum Gasteiger partial charge on any atom is -0.457 e. The van der Waals surface area contributed by atoms with Crippen LogP contribution in [0.1, 0.15) is 11.1 Å². The lowest BCUT2D eigenvalue weighted by Gasteiger charge is -2.09. The van der Waals surface area contributed by atoms with Gasteiger partial charge in [0.1, 0.15) is 34.5 Å². The molecule has 0 N–H and O–H groups in total. The van der Waals surface area contributed by atoms with Crippen LogP contribution in [-0.4, -0.2) is 0 Å². The van der Waals surface area contributed by atoms with E-state index in [1.165, 1.54) is 12.1 Å². The Morgan fingerprint density at radius 3 is 1.80 bits per heavy atom. The third kappa shape index (κ3) is 4.11. The topological polar surface area (TPSA) is 18.5 Å². The Hall–Kier alpha value is -1.28. The average molecular weight is 394 g/mol. The van der Waals surface area contributed by atoms with Crippen LogP contribution in [0.2, 0.25) is 0 Å². The standard InChI is InChI=1S/C14H10F3IO2/c15-14(16,17)11-3-7-13(8-4-11)20-12-5-1-10(2-6-12)9-19-18/h1-8H,9H2. The SMILES string of the molecule is FC(F)(F)c1ccc(Oc2ccc(COI)cc2)cc1. The predicted molar refractivity (Wildman–Crippen MR) is 76.8 cm³/mol. The van der Waals surface area contributed by atoms with Gasteiger partial charge in [0.2, 0.25) is 0 Å². The molecule has 2 aromatic rings. The quantitative estimate of drug-likeness (QED) is 0.650. The molecule has 0 aliphatic heterocycles. The lowest BCUT2D eigenvalue weighted by Crippen LogP contribution is -2.03. The van der Waals surface area contributed by atoms with Crippen LogP contribution in [-0.2, 0) is 15.8 Å². The number of hydrogen-bond donors (Lipinski definition) is 0. The van der Waals surface area contributed by atoms with Gasteiger partial charge in [0.05, 0.1) is 12.2 Å². The van der Waals surface area contributed by atoms with Crippen molar-refractivity contribution in [3.05, 3.63) is 59.7 Å². The van der Waals surface area contributed by atoms with Crippen molar-refractivity contribution < 1.29 is 21.0 Å². The highest BCUT2D eigenvalue weighted by Crippen LogP contribution is 2.31. The fourth-order valence-electron chi connectivity index (χ4n) is 1.56. The number of ether oxygens (including phenoxy) is 1. The number of rotatable bonds is 4. The summed E-state index contributed by atoms with van der Waals surface area (Å²) >= 11 is 1.80. The molecular weight excluding hydrogens is 384 g/mol. The van der Waals surface area contributed by atoms with Crippen molar-refractivity contribution >= 4 is 23.0 Å². The maximum atomic E-state index is 12.4. The van der Waals surface area contributed by atoms with Crippen LogP contribution in [0.5, 0.6) is 11.5 Å². The van der Waals surface area contributed by atoms with E-state index < -0.39 is 11.7 Å². The minimum atomic E-state index is -4.33. The Kier molecular flexibility index (Phi) is 4.87. The van der Waals surface area contributed by atoms with Crippen LogP contribution in [0.4, 0.5) is 13.2 Å². The Labute approximate surface area is 128 Å². The van der Waals surface area contributed by atoms with Crippen molar-refractivity contribution in [1.82, 2.24) is 0 Å². The summed E-state index contributed by atoms with van der Waals surface area (Å²) in [6.45, 7) is 0.487. The molecule has 106 valence electrons. The van der Waals surface area contributed by atoms with E-state index >= 15 is 0 Å². The molecule has 2 nitrogen and oxygen atoms in total.